The molecule has 1 N–H and O–H groups in total. The van der Waals surface area contributed by atoms with Crippen LogP contribution in [0.1, 0.15) is 40.0 Å². The molecule has 1 aliphatic carbocycles. The number of nitrogens with zero attached hydrogens (tertiary/aromatic N) is 1. The van der Waals surface area contributed by atoms with Crippen molar-refractivity contribution in [3.63, 3.8) is 0 Å². The SMILES string of the molecule is CN(CC1CCC1)C(=O)C(C(=O)O)C(C)(C)C. The van der Waals surface area contributed by atoms with Crippen molar-refractivity contribution in [3.8, 4) is 0 Å². The van der Waals surface area contributed by atoms with Crippen molar-refractivity contribution >= 4 is 11.9 Å². The maximum absolute atomic E-state index is 12.2. The van der Waals surface area contributed by atoms with Crippen LogP contribution < -0.4 is 0 Å². The monoisotopic (exact) mass is 241 g/mol. The summed E-state index contributed by atoms with van der Waals surface area (Å²) in [4.78, 5) is 25.0. The number of hydrogen-bond acceptors (Lipinski definition) is 2. The molecule has 1 aliphatic rings. The third-order valence-corrected chi connectivity index (χ3v) is 3.49. The number of carboxylic acids is 1. The van der Waals surface area contributed by atoms with Gasteiger partial charge in [0, 0.05) is 13.6 Å². The molecule has 17 heavy (non-hydrogen) atoms. The molecule has 4 heteroatoms. The predicted octanol–water partition coefficient (Wildman–Crippen LogP) is 1.99. The fourth-order valence-electron chi connectivity index (χ4n) is 2.22. The molecule has 1 fully saturated rings. The van der Waals surface area contributed by atoms with E-state index >= 15 is 0 Å². The van der Waals surface area contributed by atoms with E-state index in [1.54, 1.807) is 32.7 Å². The summed E-state index contributed by atoms with van der Waals surface area (Å²) in [6, 6.07) is 0. The molecule has 4 nitrogen and oxygen atoms in total. The molecule has 1 rings (SSSR count). The molecule has 0 bridgehead atoms. The van der Waals surface area contributed by atoms with E-state index in [1.807, 2.05) is 0 Å². The van der Waals surface area contributed by atoms with Gasteiger partial charge >= 0.3 is 5.97 Å². The Morgan fingerprint density at radius 2 is 1.88 bits per heavy atom. The maximum Gasteiger partial charge on any atom is 0.316 e. The van der Waals surface area contributed by atoms with E-state index in [1.165, 1.54) is 6.42 Å². The van der Waals surface area contributed by atoms with Crippen LogP contribution in [-0.2, 0) is 9.59 Å². The molecular formula is C13H23NO3. The zero-order chi connectivity index (χ0) is 13.2. The van der Waals surface area contributed by atoms with Crippen LogP contribution in [0.4, 0.5) is 0 Å². The predicted molar refractivity (Wildman–Crippen MR) is 65.6 cm³/mol. The van der Waals surface area contributed by atoms with Gasteiger partial charge in [0.05, 0.1) is 0 Å². The zero-order valence-corrected chi connectivity index (χ0v) is 11.2. The number of amides is 1. The Labute approximate surface area is 103 Å². The van der Waals surface area contributed by atoms with Gasteiger partial charge < -0.3 is 10.0 Å². The van der Waals surface area contributed by atoms with Crippen LogP contribution >= 0.6 is 0 Å². The van der Waals surface area contributed by atoms with Crippen molar-refractivity contribution in [2.75, 3.05) is 13.6 Å². The lowest BCUT2D eigenvalue weighted by Crippen LogP contribution is -2.45. The first-order valence-corrected chi connectivity index (χ1v) is 6.21. The van der Waals surface area contributed by atoms with E-state index in [2.05, 4.69) is 0 Å². The highest BCUT2D eigenvalue weighted by atomic mass is 16.4. The lowest BCUT2D eigenvalue weighted by atomic mass is 9.79. The number of rotatable bonds is 4. The van der Waals surface area contributed by atoms with E-state index < -0.39 is 17.3 Å². The number of hydrogen-bond donors (Lipinski definition) is 1. The molecule has 0 aromatic heterocycles. The first kappa shape index (κ1) is 14.0. The molecule has 1 amide bonds. The first-order valence-electron chi connectivity index (χ1n) is 6.21. The molecule has 0 aromatic carbocycles. The summed E-state index contributed by atoms with van der Waals surface area (Å²) in [5, 5.41) is 9.19. The van der Waals surface area contributed by atoms with Crippen molar-refractivity contribution < 1.29 is 14.7 Å². The van der Waals surface area contributed by atoms with Gasteiger partial charge in [-0.05, 0) is 24.2 Å². The molecule has 0 aliphatic heterocycles. The maximum atomic E-state index is 12.2. The van der Waals surface area contributed by atoms with Crippen LogP contribution in [-0.4, -0.2) is 35.5 Å². The van der Waals surface area contributed by atoms with Gasteiger partial charge in [-0.2, -0.15) is 0 Å². The van der Waals surface area contributed by atoms with Gasteiger partial charge in [-0.3, -0.25) is 9.59 Å². The number of carboxylic acid groups (broad SMARTS) is 1. The lowest BCUT2D eigenvalue weighted by molar-refractivity contribution is -0.156. The summed E-state index contributed by atoms with van der Waals surface area (Å²) in [7, 11) is 1.71. The van der Waals surface area contributed by atoms with Gasteiger partial charge in [-0.15, -0.1) is 0 Å². The smallest absolute Gasteiger partial charge is 0.316 e. The van der Waals surface area contributed by atoms with Gasteiger partial charge in [0.15, 0.2) is 0 Å². The molecule has 98 valence electrons. The number of carbonyl (C=O) groups is 2. The van der Waals surface area contributed by atoms with Gasteiger partial charge in [0.1, 0.15) is 5.92 Å². The third kappa shape index (κ3) is 3.45. The second kappa shape index (κ2) is 5.07. The van der Waals surface area contributed by atoms with E-state index in [0.717, 1.165) is 12.8 Å². The summed E-state index contributed by atoms with van der Waals surface area (Å²) in [6.07, 6.45) is 3.55. The lowest BCUT2D eigenvalue weighted by Gasteiger charge is -2.34. The highest BCUT2D eigenvalue weighted by molar-refractivity contribution is 5.97. The van der Waals surface area contributed by atoms with Gasteiger partial charge in [0.25, 0.3) is 0 Å². The highest BCUT2D eigenvalue weighted by Crippen LogP contribution is 2.30. The van der Waals surface area contributed by atoms with Crippen LogP contribution in [0.25, 0.3) is 0 Å². The summed E-state index contributed by atoms with van der Waals surface area (Å²) in [6.45, 7) is 6.07. The van der Waals surface area contributed by atoms with Crippen molar-refractivity contribution in [3.05, 3.63) is 0 Å². The van der Waals surface area contributed by atoms with Gasteiger partial charge in [-0.1, -0.05) is 27.2 Å². The Hall–Kier alpha value is -1.06. The highest BCUT2D eigenvalue weighted by Gasteiger charge is 2.39. The van der Waals surface area contributed by atoms with Crippen LogP contribution in [0.3, 0.4) is 0 Å². The van der Waals surface area contributed by atoms with Crippen LogP contribution in [0.5, 0.6) is 0 Å². The normalized spacial score (nSPS) is 18.4. The minimum Gasteiger partial charge on any atom is -0.481 e. The summed E-state index contributed by atoms with van der Waals surface area (Å²) >= 11 is 0. The average molecular weight is 241 g/mol. The second-order valence-corrected chi connectivity index (χ2v) is 6.15. The Kier molecular flexibility index (Phi) is 4.17. The van der Waals surface area contributed by atoms with Gasteiger partial charge in [0.2, 0.25) is 5.91 Å². The Balaban J connectivity index is 2.66. The molecule has 0 spiro atoms. The Bertz CT molecular complexity index is 302. The van der Waals surface area contributed by atoms with E-state index in [-0.39, 0.29) is 5.91 Å². The zero-order valence-electron chi connectivity index (χ0n) is 11.2. The Morgan fingerprint density at radius 3 is 2.18 bits per heavy atom. The number of carbonyl (C=O) groups excluding carboxylic acids is 1. The van der Waals surface area contributed by atoms with Crippen molar-refractivity contribution in [2.24, 2.45) is 17.3 Å². The number of aliphatic carboxylic acids is 1. The minimum atomic E-state index is -1.03. The van der Waals surface area contributed by atoms with Gasteiger partial charge in [-0.25, -0.2) is 0 Å². The third-order valence-electron chi connectivity index (χ3n) is 3.49. The fourth-order valence-corrected chi connectivity index (χ4v) is 2.22. The Morgan fingerprint density at radius 1 is 1.35 bits per heavy atom. The molecule has 1 unspecified atom stereocenters. The molecule has 1 atom stereocenters. The van der Waals surface area contributed by atoms with Crippen molar-refractivity contribution in [1.82, 2.24) is 4.90 Å². The van der Waals surface area contributed by atoms with E-state index in [9.17, 15) is 14.7 Å². The van der Waals surface area contributed by atoms with Crippen molar-refractivity contribution in [2.45, 2.75) is 40.0 Å². The molecule has 0 radical (unpaired) electrons. The molecule has 0 aromatic rings. The quantitative estimate of drug-likeness (QED) is 0.766. The van der Waals surface area contributed by atoms with E-state index in [4.69, 9.17) is 0 Å². The van der Waals surface area contributed by atoms with Crippen LogP contribution in [0.2, 0.25) is 0 Å². The minimum absolute atomic E-state index is 0.267. The van der Waals surface area contributed by atoms with E-state index in [0.29, 0.717) is 12.5 Å². The molecule has 0 heterocycles. The average Bonchev–Trinajstić information content (AvgIpc) is 2.07. The fraction of sp³-hybridized carbons (Fsp3) is 0.846. The van der Waals surface area contributed by atoms with Crippen LogP contribution in [0, 0.1) is 17.3 Å². The standard InChI is InChI=1S/C13H23NO3/c1-13(2,3)10(12(16)17)11(15)14(4)8-9-6-5-7-9/h9-10H,5-8H2,1-4H3,(H,16,17). The molecule has 1 saturated carbocycles. The second-order valence-electron chi connectivity index (χ2n) is 6.15. The molecule has 0 saturated heterocycles. The largest absolute Gasteiger partial charge is 0.481 e. The molecular weight excluding hydrogens is 218 g/mol. The van der Waals surface area contributed by atoms with Crippen LogP contribution in [0.15, 0.2) is 0 Å². The first-order chi connectivity index (χ1) is 7.73. The topological polar surface area (TPSA) is 57.6 Å². The summed E-state index contributed by atoms with van der Waals surface area (Å²) < 4.78 is 0. The summed E-state index contributed by atoms with van der Waals surface area (Å²) in [5.41, 5.74) is -0.545. The van der Waals surface area contributed by atoms with Crippen molar-refractivity contribution in [1.29, 1.82) is 0 Å². The summed E-state index contributed by atoms with van der Waals surface area (Å²) in [5.74, 6) is -1.68.